The van der Waals surface area contributed by atoms with Crippen molar-refractivity contribution < 1.29 is 5.11 Å². The first-order valence-corrected chi connectivity index (χ1v) is 6.92. The normalized spacial score (nSPS) is 27.4. The van der Waals surface area contributed by atoms with E-state index in [-0.39, 0.29) is 6.10 Å². The summed E-state index contributed by atoms with van der Waals surface area (Å²) in [5.41, 5.74) is 0.324. The number of aliphatic hydroxyl groups is 1. The fraction of sp³-hybridized carbons (Fsp3) is 1.00. The van der Waals surface area contributed by atoms with Crippen LogP contribution in [0.3, 0.4) is 0 Å². The smallest absolute Gasteiger partial charge is 0.0540 e. The molecule has 0 spiro atoms. The highest BCUT2D eigenvalue weighted by Crippen LogP contribution is 2.28. The van der Waals surface area contributed by atoms with Crippen LogP contribution in [0.1, 0.15) is 59.8 Å². The van der Waals surface area contributed by atoms with E-state index in [2.05, 4.69) is 32.6 Å². The molecule has 0 heterocycles. The van der Waals surface area contributed by atoms with Gasteiger partial charge in [0.1, 0.15) is 0 Å². The van der Waals surface area contributed by atoms with E-state index < -0.39 is 0 Å². The van der Waals surface area contributed by atoms with E-state index >= 15 is 0 Å². The lowest BCUT2D eigenvalue weighted by molar-refractivity contribution is 0.0616. The standard InChI is InChI=1S/C14H29NO/c1-5-14(3,4)15(6-2)11-12-7-9-13(16)10-8-12/h12-13,16H,5-11H2,1-4H3. The third kappa shape index (κ3) is 3.74. The molecule has 0 radical (unpaired) electrons. The first-order valence-electron chi connectivity index (χ1n) is 6.92. The van der Waals surface area contributed by atoms with Crippen LogP contribution in [0.2, 0.25) is 0 Å². The molecule has 0 bridgehead atoms. The molecule has 1 saturated carbocycles. The molecule has 0 amide bonds. The van der Waals surface area contributed by atoms with Gasteiger partial charge in [-0.15, -0.1) is 0 Å². The summed E-state index contributed by atoms with van der Waals surface area (Å²) in [5, 5.41) is 9.51. The molecule has 0 unspecified atom stereocenters. The Morgan fingerprint density at radius 1 is 1.12 bits per heavy atom. The van der Waals surface area contributed by atoms with Gasteiger partial charge in [0.25, 0.3) is 0 Å². The van der Waals surface area contributed by atoms with E-state index in [1.165, 1.54) is 25.8 Å². The van der Waals surface area contributed by atoms with Crippen LogP contribution in [0.5, 0.6) is 0 Å². The van der Waals surface area contributed by atoms with Gasteiger partial charge in [-0.25, -0.2) is 0 Å². The fourth-order valence-electron chi connectivity index (χ4n) is 2.67. The molecule has 2 heteroatoms. The van der Waals surface area contributed by atoms with E-state index in [0.717, 1.165) is 25.3 Å². The maximum atomic E-state index is 9.51. The molecule has 1 rings (SSSR count). The Bertz CT molecular complexity index is 195. The van der Waals surface area contributed by atoms with Crippen LogP contribution in [0.25, 0.3) is 0 Å². The van der Waals surface area contributed by atoms with Gasteiger partial charge in [-0.2, -0.15) is 0 Å². The molecular weight excluding hydrogens is 198 g/mol. The molecule has 1 N–H and O–H groups in total. The number of rotatable bonds is 5. The molecule has 0 aromatic carbocycles. The van der Waals surface area contributed by atoms with Crippen molar-refractivity contribution >= 4 is 0 Å². The van der Waals surface area contributed by atoms with Crippen molar-refractivity contribution in [3.05, 3.63) is 0 Å². The van der Waals surface area contributed by atoms with Gasteiger partial charge < -0.3 is 5.11 Å². The summed E-state index contributed by atoms with van der Waals surface area (Å²) in [7, 11) is 0. The second kappa shape index (κ2) is 6.02. The largest absolute Gasteiger partial charge is 0.393 e. The van der Waals surface area contributed by atoms with E-state index in [9.17, 15) is 5.11 Å². The fourth-order valence-corrected chi connectivity index (χ4v) is 2.67. The molecule has 0 saturated heterocycles. The van der Waals surface area contributed by atoms with E-state index in [1.807, 2.05) is 0 Å². The minimum Gasteiger partial charge on any atom is -0.393 e. The minimum absolute atomic E-state index is 0.0227. The van der Waals surface area contributed by atoms with Crippen LogP contribution in [0, 0.1) is 5.92 Å². The zero-order valence-electron chi connectivity index (χ0n) is 11.5. The van der Waals surface area contributed by atoms with Crippen molar-refractivity contribution in [3.63, 3.8) is 0 Å². The molecule has 0 aromatic heterocycles. The molecule has 1 aliphatic carbocycles. The van der Waals surface area contributed by atoms with Crippen LogP contribution in [-0.2, 0) is 0 Å². The predicted octanol–water partition coefficient (Wildman–Crippen LogP) is 3.05. The van der Waals surface area contributed by atoms with Crippen molar-refractivity contribution in [1.29, 1.82) is 0 Å². The highest BCUT2D eigenvalue weighted by molar-refractivity contribution is 4.82. The number of aliphatic hydroxyl groups excluding tert-OH is 1. The third-order valence-electron chi connectivity index (χ3n) is 4.40. The molecule has 96 valence electrons. The lowest BCUT2D eigenvalue weighted by Crippen LogP contribution is -2.46. The van der Waals surface area contributed by atoms with Crippen LogP contribution in [0.4, 0.5) is 0 Å². The van der Waals surface area contributed by atoms with E-state index in [4.69, 9.17) is 0 Å². The molecule has 0 atom stereocenters. The van der Waals surface area contributed by atoms with Crippen molar-refractivity contribution in [2.24, 2.45) is 5.92 Å². The molecule has 0 aliphatic heterocycles. The average molecular weight is 227 g/mol. The van der Waals surface area contributed by atoms with Gasteiger partial charge in [0.2, 0.25) is 0 Å². The average Bonchev–Trinajstić information content (AvgIpc) is 2.28. The SMILES string of the molecule is CCN(CC1CCC(O)CC1)C(C)(C)CC. The summed E-state index contributed by atoms with van der Waals surface area (Å²) in [4.78, 5) is 2.61. The Kier molecular flexibility index (Phi) is 5.26. The molecule has 2 nitrogen and oxygen atoms in total. The summed E-state index contributed by atoms with van der Waals surface area (Å²) >= 11 is 0. The molecular formula is C14H29NO. The summed E-state index contributed by atoms with van der Waals surface area (Å²) in [5.74, 6) is 0.800. The zero-order chi connectivity index (χ0) is 12.2. The lowest BCUT2D eigenvalue weighted by atomic mass is 9.86. The first-order chi connectivity index (χ1) is 7.49. The number of nitrogens with zero attached hydrogens (tertiary/aromatic N) is 1. The highest BCUT2D eigenvalue weighted by atomic mass is 16.3. The quantitative estimate of drug-likeness (QED) is 0.780. The first kappa shape index (κ1) is 14.0. The molecule has 1 fully saturated rings. The summed E-state index contributed by atoms with van der Waals surface area (Å²) in [6, 6.07) is 0. The summed E-state index contributed by atoms with van der Waals surface area (Å²) in [6.45, 7) is 11.6. The van der Waals surface area contributed by atoms with Gasteiger partial charge in [0, 0.05) is 12.1 Å². The van der Waals surface area contributed by atoms with Crippen LogP contribution in [-0.4, -0.2) is 34.7 Å². The maximum absolute atomic E-state index is 9.51. The van der Waals surface area contributed by atoms with Crippen molar-refractivity contribution in [2.75, 3.05) is 13.1 Å². The Labute approximate surface area is 101 Å². The predicted molar refractivity (Wildman–Crippen MR) is 69.6 cm³/mol. The van der Waals surface area contributed by atoms with Gasteiger partial charge in [0.15, 0.2) is 0 Å². The Hall–Kier alpha value is -0.0800. The van der Waals surface area contributed by atoms with E-state index in [1.54, 1.807) is 0 Å². The number of hydrogen-bond donors (Lipinski definition) is 1. The van der Waals surface area contributed by atoms with Gasteiger partial charge >= 0.3 is 0 Å². The van der Waals surface area contributed by atoms with Crippen molar-refractivity contribution in [1.82, 2.24) is 4.90 Å². The second-order valence-electron chi connectivity index (χ2n) is 5.88. The Morgan fingerprint density at radius 3 is 2.12 bits per heavy atom. The van der Waals surface area contributed by atoms with Gasteiger partial charge in [-0.1, -0.05) is 13.8 Å². The Morgan fingerprint density at radius 2 is 1.69 bits per heavy atom. The van der Waals surface area contributed by atoms with Gasteiger partial charge in [-0.3, -0.25) is 4.90 Å². The lowest BCUT2D eigenvalue weighted by Gasteiger charge is -2.40. The van der Waals surface area contributed by atoms with Crippen LogP contribution >= 0.6 is 0 Å². The maximum Gasteiger partial charge on any atom is 0.0540 e. The topological polar surface area (TPSA) is 23.5 Å². The number of hydrogen-bond acceptors (Lipinski definition) is 2. The third-order valence-corrected chi connectivity index (χ3v) is 4.40. The molecule has 16 heavy (non-hydrogen) atoms. The molecule has 0 aromatic rings. The van der Waals surface area contributed by atoms with Crippen LogP contribution in [0.15, 0.2) is 0 Å². The van der Waals surface area contributed by atoms with Crippen LogP contribution < -0.4 is 0 Å². The zero-order valence-corrected chi connectivity index (χ0v) is 11.5. The van der Waals surface area contributed by atoms with Gasteiger partial charge in [-0.05, 0) is 58.4 Å². The minimum atomic E-state index is -0.0227. The molecule has 1 aliphatic rings. The highest BCUT2D eigenvalue weighted by Gasteiger charge is 2.27. The van der Waals surface area contributed by atoms with Crippen molar-refractivity contribution in [2.45, 2.75) is 71.4 Å². The monoisotopic (exact) mass is 227 g/mol. The summed E-state index contributed by atoms with van der Waals surface area (Å²) in [6.07, 6.45) is 5.61. The second-order valence-corrected chi connectivity index (χ2v) is 5.88. The van der Waals surface area contributed by atoms with Crippen molar-refractivity contribution in [3.8, 4) is 0 Å². The summed E-state index contributed by atoms with van der Waals surface area (Å²) < 4.78 is 0. The Balaban J connectivity index is 2.44. The van der Waals surface area contributed by atoms with E-state index in [0.29, 0.717) is 5.54 Å². The van der Waals surface area contributed by atoms with Gasteiger partial charge in [0.05, 0.1) is 6.10 Å².